The number of rotatable bonds is 8. The second kappa shape index (κ2) is 9.26. The van der Waals surface area contributed by atoms with E-state index in [1.54, 1.807) is 84.9 Å². The monoisotopic (exact) mass is 417 g/mol. The van der Waals surface area contributed by atoms with Crippen molar-refractivity contribution in [3.8, 4) is 0 Å². The number of hydrogen-bond donors (Lipinski definition) is 3. The maximum Gasteiger partial charge on any atom is 0.334 e. The molecule has 0 saturated heterocycles. The number of carbonyl (C=O) groups excluding carboxylic acids is 1. The molecule has 0 bridgehead atoms. The van der Waals surface area contributed by atoms with Crippen LogP contribution in [0.1, 0.15) is 39.4 Å². The van der Waals surface area contributed by atoms with E-state index in [1.165, 1.54) is 0 Å². The van der Waals surface area contributed by atoms with Crippen LogP contribution in [0.5, 0.6) is 0 Å². The topological polar surface area (TPSA) is 104 Å². The van der Waals surface area contributed by atoms with Gasteiger partial charge in [-0.2, -0.15) is 0 Å². The molecule has 0 aromatic heterocycles. The van der Waals surface area contributed by atoms with Crippen LogP contribution in [0.15, 0.2) is 84.9 Å². The molecule has 1 amide bonds. The minimum atomic E-state index is -2.00. The highest BCUT2D eigenvalue weighted by Gasteiger charge is 2.50. The van der Waals surface area contributed by atoms with Gasteiger partial charge in [0.05, 0.1) is 6.42 Å². The third-order valence-electron chi connectivity index (χ3n) is 5.29. The number of amides is 1. The molecule has 0 spiro atoms. The molecule has 3 aromatic carbocycles. The summed E-state index contributed by atoms with van der Waals surface area (Å²) >= 11 is 0. The second-order valence-electron chi connectivity index (χ2n) is 7.36. The van der Waals surface area contributed by atoms with E-state index >= 15 is 0 Å². The lowest BCUT2D eigenvalue weighted by Gasteiger charge is -2.38. The molecule has 0 fully saturated rings. The summed E-state index contributed by atoms with van der Waals surface area (Å²) in [4.78, 5) is 37.8. The van der Waals surface area contributed by atoms with Gasteiger partial charge in [-0.05, 0) is 30.2 Å². The largest absolute Gasteiger partial charge is 0.481 e. The van der Waals surface area contributed by atoms with E-state index in [-0.39, 0.29) is 5.56 Å². The highest BCUT2D eigenvalue weighted by Crippen LogP contribution is 2.40. The van der Waals surface area contributed by atoms with Crippen molar-refractivity contribution in [2.24, 2.45) is 0 Å². The van der Waals surface area contributed by atoms with Gasteiger partial charge in [-0.25, -0.2) is 4.79 Å². The van der Waals surface area contributed by atoms with Gasteiger partial charge in [-0.3, -0.25) is 9.59 Å². The highest BCUT2D eigenvalue weighted by atomic mass is 16.4. The van der Waals surface area contributed by atoms with Gasteiger partial charge in [-0.1, -0.05) is 78.4 Å². The molecule has 0 saturated carbocycles. The molecule has 158 valence electrons. The van der Waals surface area contributed by atoms with Crippen molar-refractivity contribution in [2.75, 3.05) is 0 Å². The van der Waals surface area contributed by atoms with Crippen LogP contribution < -0.4 is 5.32 Å². The number of carbonyl (C=O) groups is 3. The predicted molar refractivity (Wildman–Crippen MR) is 116 cm³/mol. The van der Waals surface area contributed by atoms with Gasteiger partial charge < -0.3 is 15.5 Å². The Morgan fingerprint density at radius 3 is 1.90 bits per heavy atom. The third kappa shape index (κ3) is 4.64. The van der Waals surface area contributed by atoms with Crippen LogP contribution in [0.4, 0.5) is 0 Å². The average Bonchev–Trinajstić information content (AvgIpc) is 2.77. The van der Waals surface area contributed by atoms with E-state index in [4.69, 9.17) is 0 Å². The molecular weight excluding hydrogens is 394 g/mol. The standard InChI is InChI=1S/C25H23NO5/c1-17-12-14-20(15-13-17)25(24(30)31,26-23(29)19-10-6-3-7-11-19)21(16-22(27)28)18-8-4-2-5-9-18/h2-15,21H,16H2,1H3,(H,26,29)(H,27,28)(H,30,31). The Morgan fingerprint density at radius 1 is 0.839 bits per heavy atom. The number of aliphatic carboxylic acids is 2. The zero-order valence-corrected chi connectivity index (χ0v) is 17.0. The summed E-state index contributed by atoms with van der Waals surface area (Å²) in [6, 6.07) is 23.5. The predicted octanol–water partition coefficient (Wildman–Crippen LogP) is 3.96. The summed E-state index contributed by atoms with van der Waals surface area (Å²) < 4.78 is 0. The smallest absolute Gasteiger partial charge is 0.334 e. The molecule has 31 heavy (non-hydrogen) atoms. The van der Waals surface area contributed by atoms with Crippen LogP contribution >= 0.6 is 0 Å². The number of carboxylic acid groups (broad SMARTS) is 2. The Balaban J connectivity index is 2.24. The molecule has 0 aliphatic rings. The second-order valence-corrected chi connectivity index (χ2v) is 7.36. The van der Waals surface area contributed by atoms with Crippen molar-refractivity contribution >= 4 is 17.8 Å². The zero-order valence-electron chi connectivity index (χ0n) is 17.0. The molecule has 3 N–H and O–H groups in total. The molecule has 0 heterocycles. The van der Waals surface area contributed by atoms with Crippen LogP contribution in [0.3, 0.4) is 0 Å². The molecule has 3 aromatic rings. The third-order valence-corrected chi connectivity index (χ3v) is 5.29. The zero-order chi connectivity index (χ0) is 22.4. The SMILES string of the molecule is Cc1ccc(C(NC(=O)c2ccccc2)(C(=O)O)C(CC(=O)O)c2ccccc2)cc1. The van der Waals surface area contributed by atoms with E-state index in [1.807, 2.05) is 6.92 Å². The van der Waals surface area contributed by atoms with E-state index in [2.05, 4.69) is 5.32 Å². The van der Waals surface area contributed by atoms with Crippen molar-refractivity contribution < 1.29 is 24.6 Å². The van der Waals surface area contributed by atoms with E-state index in [9.17, 15) is 24.6 Å². The molecule has 0 radical (unpaired) electrons. The van der Waals surface area contributed by atoms with Crippen LogP contribution in [0.25, 0.3) is 0 Å². The van der Waals surface area contributed by atoms with Crippen LogP contribution in [0.2, 0.25) is 0 Å². The van der Waals surface area contributed by atoms with Crippen LogP contribution in [0, 0.1) is 6.92 Å². The first kappa shape index (κ1) is 21.8. The first-order chi connectivity index (χ1) is 14.8. The lowest BCUT2D eigenvalue weighted by molar-refractivity contribution is -0.147. The van der Waals surface area contributed by atoms with Crippen molar-refractivity contribution in [3.05, 3.63) is 107 Å². The minimum absolute atomic E-state index is 0.280. The summed E-state index contributed by atoms with van der Waals surface area (Å²) in [5, 5.41) is 22.8. The Morgan fingerprint density at radius 2 is 1.39 bits per heavy atom. The first-order valence-electron chi connectivity index (χ1n) is 9.79. The first-order valence-corrected chi connectivity index (χ1v) is 9.79. The maximum atomic E-state index is 13.1. The molecule has 2 atom stereocenters. The van der Waals surface area contributed by atoms with Crippen LogP contribution in [-0.4, -0.2) is 28.1 Å². The van der Waals surface area contributed by atoms with E-state index < -0.39 is 35.7 Å². The summed E-state index contributed by atoms with van der Waals surface area (Å²) in [5.74, 6) is -4.16. The minimum Gasteiger partial charge on any atom is -0.481 e. The van der Waals surface area contributed by atoms with E-state index in [0.29, 0.717) is 11.1 Å². The van der Waals surface area contributed by atoms with Crippen molar-refractivity contribution in [1.82, 2.24) is 5.32 Å². The molecule has 0 aliphatic heterocycles. The lowest BCUT2D eigenvalue weighted by Crippen LogP contribution is -2.56. The van der Waals surface area contributed by atoms with Gasteiger partial charge >= 0.3 is 11.9 Å². The maximum absolute atomic E-state index is 13.1. The van der Waals surface area contributed by atoms with Crippen molar-refractivity contribution in [3.63, 3.8) is 0 Å². The highest BCUT2D eigenvalue weighted by molar-refractivity contribution is 5.99. The summed E-state index contributed by atoms with van der Waals surface area (Å²) in [6.07, 6.45) is -0.487. The quantitative estimate of drug-likeness (QED) is 0.515. The van der Waals surface area contributed by atoms with Gasteiger partial charge in [0.15, 0.2) is 5.54 Å². The summed E-state index contributed by atoms with van der Waals surface area (Å²) in [6.45, 7) is 1.86. The Hall–Kier alpha value is -3.93. The summed E-state index contributed by atoms with van der Waals surface area (Å²) in [5.41, 5.74) is -0.0130. The normalized spacial score (nSPS) is 13.6. The fourth-order valence-corrected chi connectivity index (χ4v) is 3.72. The molecule has 2 unspecified atom stereocenters. The number of nitrogens with one attached hydrogen (secondary N) is 1. The molecule has 0 aliphatic carbocycles. The fourth-order valence-electron chi connectivity index (χ4n) is 3.72. The van der Waals surface area contributed by atoms with Gasteiger partial charge in [0.25, 0.3) is 5.91 Å². The number of hydrogen-bond acceptors (Lipinski definition) is 3. The number of carboxylic acids is 2. The average molecular weight is 417 g/mol. The molecular formula is C25H23NO5. The van der Waals surface area contributed by atoms with E-state index in [0.717, 1.165) is 5.56 Å². The van der Waals surface area contributed by atoms with Gasteiger partial charge in [0.1, 0.15) is 0 Å². The molecule has 6 nitrogen and oxygen atoms in total. The fraction of sp³-hybridized carbons (Fsp3) is 0.160. The van der Waals surface area contributed by atoms with Gasteiger partial charge in [0.2, 0.25) is 0 Å². The summed E-state index contributed by atoms with van der Waals surface area (Å²) in [7, 11) is 0. The molecule has 3 rings (SSSR count). The van der Waals surface area contributed by atoms with Crippen LogP contribution in [-0.2, 0) is 15.1 Å². The number of aryl methyl sites for hydroxylation is 1. The number of benzene rings is 3. The van der Waals surface area contributed by atoms with Crippen molar-refractivity contribution in [2.45, 2.75) is 24.8 Å². The Labute approximate surface area is 180 Å². The van der Waals surface area contributed by atoms with Gasteiger partial charge in [0, 0.05) is 11.5 Å². The Bertz CT molecular complexity index is 1060. The lowest BCUT2D eigenvalue weighted by atomic mass is 9.72. The van der Waals surface area contributed by atoms with Crippen molar-refractivity contribution in [1.29, 1.82) is 0 Å². The van der Waals surface area contributed by atoms with Gasteiger partial charge in [-0.15, -0.1) is 0 Å². The molecule has 6 heteroatoms. The Kier molecular flexibility index (Phi) is 6.50.